The fourth-order valence-electron chi connectivity index (χ4n) is 2.21. The monoisotopic (exact) mass is 370 g/mol. The summed E-state index contributed by atoms with van der Waals surface area (Å²) in [5.74, 6) is -0.0618. The first kappa shape index (κ1) is 16.3. The molecule has 6 heteroatoms. The summed E-state index contributed by atoms with van der Waals surface area (Å²) in [5.41, 5.74) is 6.71. The highest BCUT2D eigenvalue weighted by molar-refractivity contribution is 9.10. The molecule has 0 aliphatic heterocycles. The zero-order valence-electron chi connectivity index (χ0n) is 12.1. The van der Waals surface area contributed by atoms with Gasteiger partial charge in [-0.2, -0.15) is 0 Å². The van der Waals surface area contributed by atoms with Gasteiger partial charge in [-0.1, -0.05) is 15.9 Å². The molecule has 0 radical (unpaired) electrons. The van der Waals surface area contributed by atoms with Gasteiger partial charge in [0, 0.05) is 33.8 Å². The molecule has 0 bridgehead atoms. The van der Waals surface area contributed by atoms with Crippen molar-refractivity contribution in [3.63, 3.8) is 0 Å². The van der Waals surface area contributed by atoms with Crippen molar-refractivity contribution in [2.24, 2.45) is 0 Å². The van der Waals surface area contributed by atoms with Crippen LogP contribution in [0.1, 0.15) is 29.9 Å². The van der Waals surface area contributed by atoms with E-state index in [9.17, 15) is 4.79 Å². The molecule has 114 valence electrons. The number of benzene rings is 1. The van der Waals surface area contributed by atoms with Crippen LogP contribution in [-0.2, 0) is 0 Å². The molecule has 3 N–H and O–H groups in total. The number of aliphatic hydroxyl groups is 1. The maximum absolute atomic E-state index is 12.7. The Labute approximate surface area is 136 Å². The summed E-state index contributed by atoms with van der Waals surface area (Å²) in [6.07, 6.45) is 0.570. The Morgan fingerprint density at radius 1 is 1.48 bits per heavy atom. The van der Waals surface area contributed by atoms with E-state index in [-0.39, 0.29) is 18.6 Å². The lowest BCUT2D eigenvalue weighted by molar-refractivity contribution is 0.0699. The minimum atomic E-state index is -0.0618. The number of carbonyl (C=O) groups is 1. The Morgan fingerprint density at radius 2 is 2.19 bits per heavy atom. The molecule has 4 nitrogen and oxygen atoms in total. The zero-order valence-corrected chi connectivity index (χ0v) is 14.5. The number of anilines is 1. The maximum Gasteiger partial charge on any atom is 0.266 e. The fourth-order valence-corrected chi connectivity index (χ4v) is 3.63. The highest BCUT2D eigenvalue weighted by Gasteiger charge is 2.23. The molecule has 2 rings (SSSR count). The van der Waals surface area contributed by atoms with Gasteiger partial charge in [0.25, 0.3) is 5.91 Å². The molecule has 0 spiro atoms. The second-order valence-corrected chi connectivity index (χ2v) is 7.12. The summed E-state index contributed by atoms with van der Waals surface area (Å²) in [5, 5.41) is 9.89. The molecule has 21 heavy (non-hydrogen) atoms. The molecular weight excluding hydrogens is 352 g/mol. The van der Waals surface area contributed by atoms with E-state index in [1.54, 1.807) is 4.90 Å². The molecule has 0 saturated heterocycles. The van der Waals surface area contributed by atoms with Gasteiger partial charge >= 0.3 is 0 Å². The molecule has 1 heterocycles. The Kier molecular flexibility index (Phi) is 5.24. The van der Waals surface area contributed by atoms with Gasteiger partial charge in [0.05, 0.1) is 5.69 Å². The number of amides is 1. The third-order valence-corrected chi connectivity index (χ3v) is 4.99. The SMILES string of the molecule is CC(C)N(CCCO)C(=O)c1sc2ccc(Br)cc2c1N. The third kappa shape index (κ3) is 3.39. The zero-order chi connectivity index (χ0) is 15.6. The molecule has 0 saturated carbocycles. The minimum Gasteiger partial charge on any atom is -0.397 e. The first-order valence-corrected chi connectivity index (χ1v) is 8.46. The summed E-state index contributed by atoms with van der Waals surface area (Å²) in [7, 11) is 0. The Morgan fingerprint density at radius 3 is 2.81 bits per heavy atom. The van der Waals surface area contributed by atoms with Crippen molar-refractivity contribution in [1.29, 1.82) is 0 Å². The van der Waals surface area contributed by atoms with Crippen LogP contribution in [0.3, 0.4) is 0 Å². The van der Waals surface area contributed by atoms with Crippen molar-refractivity contribution in [2.75, 3.05) is 18.9 Å². The van der Waals surface area contributed by atoms with Gasteiger partial charge in [-0.25, -0.2) is 0 Å². The lowest BCUT2D eigenvalue weighted by atomic mass is 10.2. The predicted molar refractivity (Wildman–Crippen MR) is 91.8 cm³/mol. The van der Waals surface area contributed by atoms with E-state index in [2.05, 4.69) is 15.9 Å². The number of thiophene rings is 1. The predicted octanol–water partition coefficient (Wildman–Crippen LogP) is 3.48. The van der Waals surface area contributed by atoms with Gasteiger partial charge in [-0.15, -0.1) is 11.3 Å². The molecule has 1 aromatic carbocycles. The molecule has 0 fully saturated rings. The first-order valence-electron chi connectivity index (χ1n) is 6.85. The summed E-state index contributed by atoms with van der Waals surface area (Å²) in [6.45, 7) is 4.54. The van der Waals surface area contributed by atoms with Crippen molar-refractivity contribution in [3.05, 3.63) is 27.5 Å². The number of rotatable bonds is 5. The van der Waals surface area contributed by atoms with Crippen LogP contribution >= 0.6 is 27.3 Å². The molecule has 1 amide bonds. The van der Waals surface area contributed by atoms with Crippen molar-refractivity contribution >= 4 is 48.9 Å². The number of nitrogens with zero attached hydrogens (tertiary/aromatic N) is 1. The fraction of sp³-hybridized carbons (Fsp3) is 0.400. The van der Waals surface area contributed by atoms with Crippen LogP contribution in [0.15, 0.2) is 22.7 Å². The second kappa shape index (κ2) is 6.77. The topological polar surface area (TPSA) is 66.6 Å². The largest absolute Gasteiger partial charge is 0.397 e. The van der Waals surface area contributed by atoms with Crippen LogP contribution in [0, 0.1) is 0 Å². The Hall–Kier alpha value is -1.11. The van der Waals surface area contributed by atoms with E-state index in [1.165, 1.54) is 11.3 Å². The number of halogens is 1. The maximum atomic E-state index is 12.7. The van der Waals surface area contributed by atoms with Gasteiger partial charge in [0.15, 0.2) is 0 Å². The summed E-state index contributed by atoms with van der Waals surface area (Å²) in [4.78, 5) is 15.1. The molecule has 0 unspecified atom stereocenters. The molecule has 0 aliphatic rings. The van der Waals surface area contributed by atoms with E-state index in [1.807, 2.05) is 32.0 Å². The number of fused-ring (bicyclic) bond motifs is 1. The van der Waals surface area contributed by atoms with Gasteiger partial charge in [-0.05, 0) is 38.5 Å². The highest BCUT2D eigenvalue weighted by Crippen LogP contribution is 2.36. The van der Waals surface area contributed by atoms with E-state index in [0.717, 1.165) is 14.6 Å². The molecular formula is C15H19BrN2O2S. The molecule has 0 atom stereocenters. The second-order valence-electron chi connectivity index (χ2n) is 5.15. The van der Waals surface area contributed by atoms with Gasteiger partial charge < -0.3 is 15.7 Å². The normalized spacial score (nSPS) is 11.3. The number of nitrogen functional groups attached to an aromatic ring is 1. The summed E-state index contributed by atoms with van der Waals surface area (Å²) >= 11 is 4.85. The van der Waals surface area contributed by atoms with Gasteiger partial charge in [0.2, 0.25) is 0 Å². The number of hydrogen-bond acceptors (Lipinski definition) is 4. The van der Waals surface area contributed by atoms with Crippen molar-refractivity contribution in [2.45, 2.75) is 26.3 Å². The van der Waals surface area contributed by atoms with Crippen LogP contribution in [0.25, 0.3) is 10.1 Å². The number of hydrogen-bond donors (Lipinski definition) is 2. The third-order valence-electron chi connectivity index (χ3n) is 3.32. The van der Waals surface area contributed by atoms with Crippen molar-refractivity contribution in [3.8, 4) is 0 Å². The minimum absolute atomic E-state index is 0.0618. The van der Waals surface area contributed by atoms with E-state index >= 15 is 0 Å². The van der Waals surface area contributed by atoms with Gasteiger partial charge in [0.1, 0.15) is 4.88 Å². The lowest BCUT2D eigenvalue weighted by Crippen LogP contribution is -2.37. The van der Waals surface area contributed by atoms with Crippen molar-refractivity contribution in [1.82, 2.24) is 4.90 Å². The van der Waals surface area contributed by atoms with Crippen LogP contribution in [0.5, 0.6) is 0 Å². The molecule has 0 aliphatic carbocycles. The summed E-state index contributed by atoms with van der Waals surface area (Å²) < 4.78 is 1.95. The smallest absolute Gasteiger partial charge is 0.266 e. The Bertz CT molecular complexity index is 654. The average molecular weight is 371 g/mol. The molecule has 2 aromatic rings. The number of aliphatic hydroxyl groups excluding tert-OH is 1. The van der Waals surface area contributed by atoms with Crippen LogP contribution in [-0.4, -0.2) is 35.1 Å². The van der Waals surface area contributed by atoms with E-state index in [4.69, 9.17) is 10.8 Å². The molecule has 1 aromatic heterocycles. The number of carbonyl (C=O) groups excluding carboxylic acids is 1. The van der Waals surface area contributed by atoms with Crippen LogP contribution in [0.4, 0.5) is 5.69 Å². The van der Waals surface area contributed by atoms with Crippen LogP contribution in [0.2, 0.25) is 0 Å². The number of nitrogens with two attached hydrogens (primary N) is 1. The highest BCUT2D eigenvalue weighted by atomic mass is 79.9. The average Bonchev–Trinajstić information content (AvgIpc) is 2.76. The van der Waals surface area contributed by atoms with E-state index in [0.29, 0.717) is 23.5 Å². The van der Waals surface area contributed by atoms with Crippen molar-refractivity contribution < 1.29 is 9.90 Å². The first-order chi connectivity index (χ1) is 9.95. The van der Waals surface area contributed by atoms with Crippen LogP contribution < -0.4 is 5.73 Å². The quantitative estimate of drug-likeness (QED) is 0.846. The summed E-state index contributed by atoms with van der Waals surface area (Å²) in [6, 6.07) is 5.91. The Balaban J connectivity index is 2.39. The van der Waals surface area contributed by atoms with E-state index < -0.39 is 0 Å². The lowest BCUT2D eigenvalue weighted by Gasteiger charge is -2.26. The van der Waals surface area contributed by atoms with Gasteiger partial charge in [-0.3, -0.25) is 4.79 Å². The standard InChI is InChI=1S/C15H19BrN2O2S/c1-9(2)18(6-3-7-19)15(20)14-13(17)11-8-10(16)4-5-12(11)21-14/h4-5,8-9,19H,3,6-7,17H2,1-2H3.